The highest BCUT2D eigenvalue weighted by Gasteiger charge is 2.26. The highest BCUT2D eigenvalue weighted by Crippen LogP contribution is 2.22. The van der Waals surface area contributed by atoms with Crippen LogP contribution in [0.4, 0.5) is 0 Å². The summed E-state index contributed by atoms with van der Waals surface area (Å²) in [7, 11) is 0. The summed E-state index contributed by atoms with van der Waals surface area (Å²) in [5, 5.41) is 21.5. The van der Waals surface area contributed by atoms with Crippen LogP contribution in [0.15, 0.2) is 18.2 Å². The molecule has 0 radical (unpaired) electrons. The van der Waals surface area contributed by atoms with Crippen LogP contribution in [0.5, 0.6) is 5.75 Å². The van der Waals surface area contributed by atoms with E-state index in [0.29, 0.717) is 24.4 Å². The van der Waals surface area contributed by atoms with Gasteiger partial charge in [-0.25, -0.2) is 0 Å². The van der Waals surface area contributed by atoms with Crippen LogP contribution in [0.3, 0.4) is 0 Å². The maximum absolute atomic E-state index is 9.62. The third-order valence-corrected chi connectivity index (χ3v) is 2.72. The minimum Gasteiger partial charge on any atom is -0.486 e. The van der Waals surface area contributed by atoms with Crippen molar-refractivity contribution in [2.45, 2.75) is 19.1 Å². The summed E-state index contributed by atoms with van der Waals surface area (Å²) in [6, 6.07) is 7.39. The molecule has 0 amide bonds. The van der Waals surface area contributed by atoms with E-state index in [2.05, 4.69) is 11.4 Å². The number of hydrogen-bond donors (Lipinski definition) is 2. The van der Waals surface area contributed by atoms with E-state index in [4.69, 9.17) is 10.00 Å². The van der Waals surface area contributed by atoms with Crippen LogP contribution < -0.4 is 10.1 Å². The summed E-state index contributed by atoms with van der Waals surface area (Å²) in [6.45, 7) is 3.12. The summed E-state index contributed by atoms with van der Waals surface area (Å²) < 4.78 is 5.70. The smallest absolute Gasteiger partial charge is 0.138 e. The topological polar surface area (TPSA) is 65.3 Å². The lowest BCUT2D eigenvalue weighted by atomic mass is 10.1. The first-order valence-corrected chi connectivity index (χ1v) is 5.27. The largest absolute Gasteiger partial charge is 0.486 e. The average Bonchev–Trinajstić information content (AvgIpc) is 2.68. The van der Waals surface area contributed by atoms with Crippen molar-refractivity contribution in [1.29, 1.82) is 5.26 Å². The number of aliphatic hydroxyl groups excluding tert-OH is 1. The molecule has 1 heterocycles. The summed E-state index contributed by atoms with van der Waals surface area (Å²) in [4.78, 5) is 0. The molecule has 1 aromatic rings. The van der Waals surface area contributed by atoms with Gasteiger partial charge in [0.25, 0.3) is 0 Å². The Morgan fingerprint density at radius 1 is 1.50 bits per heavy atom. The predicted octanol–water partition coefficient (Wildman–Crippen LogP) is 0.578. The van der Waals surface area contributed by atoms with E-state index in [-0.39, 0.29) is 6.10 Å². The van der Waals surface area contributed by atoms with Crippen molar-refractivity contribution in [3.05, 3.63) is 29.3 Å². The molecule has 0 aromatic heterocycles. The number of β-amino-alcohol motifs (C(OH)–C–C–N with tert-alkyl or cyclic N) is 1. The van der Waals surface area contributed by atoms with Gasteiger partial charge in [-0.3, -0.25) is 0 Å². The molecule has 0 spiro atoms. The first-order valence-electron chi connectivity index (χ1n) is 5.27. The fraction of sp³-hybridized carbons (Fsp3) is 0.417. The van der Waals surface area contributed by atoms with E-state index in [0.717, 1.165) is 5.56 Å². The van der Waals surface area contributed by atoms with Crippen LogP contribution in [-0.4, -0.2) is 30.4 Å². The van der Waals surface area contributed by atoms with Gasteiger partial charge in [0.1, 0.15) is 18.0 Å². The van der Waals surface area contributed by atoms with Gasteiger partial charge < -0.3 is 15.2 Å². The number of rotatable bonds is 2. The van der Waals surface area contributed by atoms with Crippen LogP contribution in [-0.2, 0) is 0 Å². The van der Waals surface area contributed by atoms with Crippen molar-refractivity contribution in [3.63, 3.8) is 0 Å². The van der Waals surface area contributed by atoms with Crippen molar-refractivity contribution >= 4 is 0 Å². The molecular weight excluding hydrogens is 204 g/mol. The normalized spacial score (nSPS) is 24.1. The van der Waals surface area contributed by atoms with Crippen LogP contribution in [0.2, 0.25) is 0 Å². The lowest BCUT2D eigenvalue weighted by Crippen LogP contribution is -2.30. The number of nitrogens with one attached hydrogen (secondary N) is 1. The SMILES string of the molecule is Cc1ccc(C#N)cc1OC1CNCC1O. The van der Waals surface area contributed by atoms with Crippen molar-refractivity contribution in [1.82, 2.24) is 5.32 Å². The molecule has 4 heteroatoms. The molecule has 0 bridgehead atoms. The third kappa shape index (κ3) is 2.16. The van der Waals surface area contributed by atoms with Crippen LogP contribution in [0.25, 0.3) is 0 Å². The first kappa shape index (κ1) is 10.9. The van der Waals surface area contributed by atoms with Crippen LogP contribution in [0.1, 0.15) is 11.1 Å². The standard InChI is InChI=1S/C12H14N2O2/c1-8-2-3-9(5-13)4-11(8)16-12-7-14-6-10(12)15/h2-4,10,12,14-15H,6-7H2,1H3. The Labute approximate surface area is 94.5 Å². The second-order valence-corrected chi connectivity index (χ2v) is 3.97. The highest BCUT2D eigenvalue weighted by atomic mass is 16.5. The Kier molecular flexibility index (Phi) is 3.09. The molecule has 2 atom stereocenters. The van der Waals surface area contributed by atoms with Gasteiger partial charge in [-0.1, -0.05) is 6.07 Å². The quantitative estimate of drug-likeness (QED) is 0.762. The van der Waals surface area contributed by atoms with E-state index in [1.165, 1.54) is 0 Å². The van der Waals surface area contributed by atoms with Gasteiger partial charge in [0, 0.05) is 13.1 Å². The van der Waals surface area contributed by atoms with Crippen molar-refractivity contribution < 1.29 is 9.84 Å². The molecule has 2 rings (SSSR count). The number of benzene rings is 1. The Bertz CT molecular complexity index is 426. The molecule has 4 nitrogen and oxygen atoms in total. The van der Waals surface area contributed by atoms with Gasteiger partial charge in [0.15, 0.2) is 0 Å². The van der Waals surface area contributed by atoms with Crippen molar-refractivity contribution in [2.24, 2.45) is 0 Å². The molecule has 0 saturated carbocycles. The summed E-state index contributed by atoms with van der Waals surface area (Å²) in [5.74, 6) is 0.673. The number of ether oxygens (including phenoxy) is 1. The van der Waals surface area contributed by atoms with Gasteiger partial charge in [-0.15, -0.1) is 0 Å². The van der Waals surface area contributed by atoms with E-state index < -0.39 is 6.10 Å². The lowest BCUT2D eigenvalue weighted by molar-refractivity contribution is 0.0733. The van der Waals surface area contributed by atoms with Gasteiger partial charge in [0.05, 0.1) is 11.6 Å². The Morgan fingerprint density at radius 3 is 2.94 bits per heavy atom. The Morgan fingerprint density at radius 2 is 2.31 bits per heavy atom. The summed E-state index contributed by atoms with van der Waals surface area (Å²) in [5.41, 5.74) is 1.54. The number of hydrogen-bond acceptors (Lipinski definition) is 4. The zero-order valence-electron chi connectivity index (χ0n) is 9.10. The fourth-order valence-corrected chi connectivity index (χ4v) is 1.72. The first-order chi connectivity index (χ1) is 7.70. The molecule has 0 aliphatic carbocycles. The molecule has 1 saturated heterocycles. The Hall–Kier alpha value is -1.57. The average molecular weight is 218 g/mol. The number of nitriles is 1. The second-order valence-electron chi connectivity index (χ2n) is 3.97. The van der Waals surface area contributed by atoms with Crippen LogP contribution >= 0.6 is 0 Å². The van der Waals surface area contributed by atoms with Crippen molar-refractivity contribution in [3.8, 4) is 11.8 Å². The van der Waals surface area contributed by atoms with E-state index in [9.17, 15) is 5.11 Å². The maximum Gasteiger partial charge on any atom is 0.138 e. The van der Waals surface area contributed by atoms with E-state index >= 15 is 0 Å². The third-order valence-electron chi connectivity index (χ3n) is 2.72. The summed E-state index contributed by atoms with van der Waals surface area (Å²) in [6.07, 6.45) is -0.710. The number of aryl methyl sites for hydroxylation is 1. The van der Waals surface area contributed by atoms with Gasteiger partial charge >= 0.3 is 0 Å². The zero-order valence-corrected chi connectivity index (χ0v) is 9.10. The second kappa shape index (κ2) is 4.52. The fourth-order valence-electron chi connectivity index (χ4n) is 1.72. The minimum atomic E-state index is -0.481. The molecule has 1 aliphatic heterocycles. The molecule has 1 fully saturated rings. The van der Waals surface area contributed by atoms with Gasteiger partial charge in [-0.2, -0.15) is 5.26 Å². The number of nitrogens with zero attached hydrogens (tertiary/aromatic N) is 1. The van der Waals surface area contributed by atoms with Crippen LogP contribution in [0, 0.1) is 18.3 Å². The van der Waals surface area contributed by atoms with E-state index in [1.807, 2.05) is 13.0 Å². The minimum absolute atomic E-state index is 0.229. The highest BCUT2D eigenvalue weighted by molar-refractivity contribution is 5.41. The molecule has 2 N–H and O–H groups in total. The van der Waals surface area contributed by atoms with Crippen molar-refractivity contribution in [2.75, 3.05) is 13.1 Å². The molecule has 2 unspecified atom stereocenters. The lowest BCUT2D eigenvalue weighted by Gasteiger charge is -2.17. The zero-order chi connectivity index (χ0) is 11.5. The van der Waals surface area contributed by atoms with E-state index in [1.54, 1.807) is 12.1 Å². The molecule has 16 heavy (non-hydrogen) atoms. The number of aliphatic hydroxyl groups is 1. The predicted molar refractivity (Wildman–Crippen MR) is 59.2 cm³/mol. The maximum atomic E-state index is 9.62. The van der Waals surface area contributed by atoms with Gasteiger partial charge in [-0.05, 0) is 24.6 Å². The molecule has 84 valence electrons. The molecular formula is C12H14N2O2. The monoisotopic (exact) mass is 218 g/mol. The summed E-state index contributed by atoms with van der Waals surface area (Å²) >= 11 is 0. The Balaban J connectivity index is 2.17. The van der Waals surface area contributed by atoms with Gasteiger partial charge in [0.2, 0.25) is 0 Å². The molecule has 1 aromatic carbocycles. The molecule has 1 aliphatic rings.